The van der Waals surface area contributed by atoms with Crippen LogP contribution < -0.4 is 4.74 Å². The summed E-state index contributed by atoms with van der Waals surface area (Å²) in [6, 6.07) is 6.68. The zero-order chi connectivity index (χ0) is 20.4. The minimum absolute atomic E-state index is 0.106. The van der Waals surface area contributed by atoms with Crippen LogP contribution in [0.3, 0.4) is 0 Å². The lowest BCUT2D eigenvalue weighted by Gasteiger charge is -2.33. The van der Waals surface area contributed by atoms with Gasteiger partial charge < -0.3 is 14.2 Å². The lowest BCUT2D eigenvalue weighted by Crippen LogP contribution is -2.45. The predicted octanol–water partition coefficient (Wildman–Crippen LogP) is 4.19. The average Bonchev–Trinajstić information content (AvgIpc) is 3.00. The Hall–Kier alpha value is -2.24. The molecule has 6 heteroatoms. The molecule has 0 aliphatic carbocycles. The molecule has 0 N–H and O–H groups in total. The van der Waals surface area contributed by atoms with Crippen molar-refractivity contribution in [1.29, 1.82) is 0 Å². The summed E-state index contributed by atoms with van der Waals surface area (Å²) >= 11 is 0. The summed E-state index contributed by atoms with van der Waals surface area (Å²) in [5.41, 5.74) is 0.296. The van der Waals surface area contributed by atoms with Gasteiger partial charge in [0.15, 0.2) is 0 Å². The minimum Gasteiger partial charge on any atom is -0.497 e. The number of hydrogen-bond donors (Lipinski definition) is 0. The van der Waals surface area contributed by atoms with E-state index in [-0.39, 0.29) is 17.9 Å². The molecule has 3 atom stereocenters. The zero-order valence-electron chi connectivity index (χ0n) is 17.3. The molecule has 1 aromatic carbocycles. The fourth-order valence-corrected chi connectivity index (χ4v) is 3.65. The van der Waals surface area contributed by atoms with E-state index < -0.39 is 23.7 Å². The van der Waals surface area contributed by atoms with Crippen LogP contribution in [0.4, 0.5) is 4.79 Å². The molecule has 1 heterocycles. The lowest BCUT2D eigenvalue weighted by molar-refractivity contribution is -0.146. The molecule has 1 amide bonds. The van der Waals surface area contributed by atoms with Crippen LogP contribution in [-0.2, 0) is 14.3 Å². The van der Waals surface area contributed by atoms with E-state index in [4.69, 9.17) is 14.2 Å². The maximum atomic E-state index is 13.0. The normalized spacial score (nSPS) is 22.7. The third kappa shape index (κ3) is 4.73. The first-order chi connectivity index (χ1) is 12.6. The van der Waals surface area contributed by atoms with Gasteiger partial charge in [0, 0.05) is 0 Å². The van der Waals surface area contributed by atoms with E-state index in [1.165, 1.54) is 7.11 Å². The van der Waals surface area contributed by atoms with Gasteiger partial charge in [0.05, 0.1) is 20.3 Å². The number of likely N-dealkylation sites (tertiary alicyclic amines) is 1. The fraction of sp³-hybridized carbons (Fsp3) is 0.619. The van der Waals surface area contributed by atoms with Gasteiger partial charge in [-0.05, 0) is 56.7 Å². The molecule has 2 rings (SSSR count). The van der Waals surface area contributed by atoms with E-state index in [0.29, 0.717) is 6.42 Å². The van der Waals surface area contributed by atoms with E-state index in [9.17, 15) is 9.59 Å². The molecule has 0 saturated carbocycles. The topological polar surface area (TPSA) is 65.1 Å². The number of methoxy groups -OCH3 is 2. The molecule has 0 radical (unpaired) electrons. The lowest BCUT2D eigenvalue weighted by atomic mass is 9.84. The van der Waals surface area contributed by atoms with Crippen LogP contribution in [0, 0.1) is 11.8 Å². The maximum absolute atomic E-state index is 13.0. The number of ether oxygens (including phenoxy) is 3. The summed E-state index contributed by atoms with van der Waals surface area (Å²) in [5.74, 6) is 0.709. The highest BCUT2D eigenvalue weighted by Gasteiger charge is 2.50. The van der Waals surface area contributed by atoms with Crippen LogP contribution >= 0.6 is 0 Å². The molecule has 6 nitrogen and oxygen atoms in total. The van der Waals surface area contributed by atoms with Gasteiger partial charge in [0.1, 0.15) is 17.4 Å². The number of hydrogen-bond acceptors (Lipinski definition) is 5. The highest BCUT2D eigenvalue weighted by atomic mass is 16.6. The van der Waals surface area contributed by atoms with Crippen LogP contribution in [-0.4, -0.2) is 42.8 Å². The molecule has 150 valence electrons. The van der Waals surface area contributed by atoms with E-state index in [2.05, 4.69) is 13.8 Å². The molecule has 1 saturated heterocycles. The van der Waals surface area contributed by atoms with Crippen molar-refractivity contribution in [1.82, 2.24) is 4.90 Å². The largest absolute Gasteiger partial charge is 0.497 e. The maximum Gasteiger partial charge on any atom is 0.411 e. The predicted molar refractivity (Wildman–Crippen MR) is 103 cm³/mol. The Labute approximate surface area is 161 Å². The number of amides is 1. The van der Waals surface area contributed by atoms with Gasteiger partial charge in [0.2, 0.25) is 0 Å². The van der Waals surface area contributed by atoms with Crippen molar-refractivity contribution in [3.05, 3.63) is 29.8 Å². The Morgan fingerprint density at radius 2 is 1.70 bits per heavy atom. The standard InChI is InChI=1S/C21H31NO5/c1-13(2)16-12-17(19(23)26-7)22(20(24)27-21(3,4)5)18(16)14-8-10-15(25-6)11-9-14/h8-11,13,16-18H,12H2,1-7H3/t16-,17-,18-/m0/s1. The highest BCUT2D eigenvalue weighted by Crippen LogP contribution is 2.46. The number of carbonyl (C=O) groups is 2. The van der Waals surface area contributed by atoms with Crippen LogP contribution in [0.25, 0.3) is 0 Å². The number of benzene rings is 1. The Morgan fingerprint density at radius 3 is 2.15 bits per heavy atom. The SMILES string of the molecule is COC(=O)[C@@H]1C[C@@H](C(C)C)[C@H](c2ccc(OC)cc2)N1C(=O)OC(C)(C)C. The van der Waals surface area contributed by atoms with E-state index in [1.807, 2.05) is 45.0 Å². The molecule has 0 unspecified atom stereocenters. The Bertz CT molecular complexity index is 662. The third-order valence-corrected chi connectivity index (χ3v) is 4.93. The van der Waals surface area contributed by atoms with E-state index in [1.54, 1.807) is 12.0 Å². The van der Waals surface area contributed by atoms with Crippen LogP contribution in [0.1, 0.15) is 52.6 Å². The molecule has 27 heavy (non-hydrogen) atoms. The Morgan fingerprint density at radius 1 is 1.11 bits per heavy atom. The molecule has 0 aromatic heterocycles. The van der Waals surface area contributed by atoms with Gasteiger partial charge in [-0.25, -0.2) is 9.59 Å². The van der Waals surface area contributed by atoms with Gasteiger partial charge in [-0.15, -0.1) is 0 Å². The second kappa shape index (κ2) is 8.19. The van der Waals surface area contributed by atoms with Gasteiger partial charge in [-0.1, -0.05) is 26.0 Å². The van der Waals surface area contributed by atoms with Gasteiger partial charge >= 0.3 is 12.1 Å². The Kier molecular flexibility index (Phi) is 6.39. The number of rotatable bonds is 4. The molecular formula is C21H31NO5. The molecule has 1 aliphatic rings. The van der Waals surface area contributed by atoms with Gasteiger partial charge in [-0.3, -0.25) is 4.90 Å². The van der Waals surface area contributed by atoms with Crippen LogP contribution in [0.5, 0.6) is 5.75 Å². The summed E-state index contributed by atoms with van der Waals surface area (Å²) in [6.45, 7) is 9.66. The number of carbonyl (C=O) groups excluding carboxylic acids is 2. The van der Waals surface area contributed by atoms with Gasteiger partial charge in [0.25, 0.3) is 0 Å². The van der Waals surface area contributed by atoms with Crippen molar-refractivity contribution >= 4 is 12.1 Å². The molecule has 0 spiro atoms. The number of esters is 1. The quantitative estimate of drug-likeness (QED) is 0.736. The second-order valence-corrected chi connectivity index (χ2v) is 8.29. The van der Waals surface area contributed by atoms with E-state index in [0.717, 1.165) is 11.3 Å². The molecule has 0 bridgehead atoms. The average molecular weight is 377 g/mol. The first-order valence-electron chi connectivity index (χ1n) is 9.32. The first-order valence-corrected chi connectivity index (χ1v) is 9.32. The summed E-state index contributed by atoms with van der Waals surface area (Å²) in [6.07, 6.45) is 0.0437. The number of nitrogens with zero attached hydrogens (tertiary/aromatic N) is 1. The third-order valence-electron chi connectivity index (χ3n) is 4.93. The van der Waals surface area contributed by atoms with Crippen molar-refractivity contribution in [3.8, 4) is 5.75 Å². The van der Waals surface area contributed by atoms with Crippen LogP contribution in [0.15, 0.2) is 24.3 Å². The minimum atomic E-state index is -0.663. The highest BCUT2D eigenvalue weighted by molar-refractivity contribution is 5.82. The van der Waals surface area contributed by atoms with Crippen molar-refractivity contribution < 1.29 is 23.8 Å². The summed E-state index contributed by atoms with van der Waals surface area (Å²) in [7, 11) is 2.96. The van der Waals surface area contributed by atoms with Crippen LogP contribution in [0.2, 0.25) is 0 Å². The molecular weight excluding hydrogens is 346 g/mol. The van der Waals surface area contributed by atoms with Crippen molar-refractivity contribution in [2.45, 2.75) is 58.7 Å². The fourth-order valence-electron chi connectivity index (χ4n) is 3.65. The summed E-state index contributed by atoms with van der Waals surface area (Å²) < 4.78 is 15.9. The zero-order valence-corrected chi connectivity index (χ0v) is 17.3. The molecule has 1 aliphatic heterocycles. The monoisotopic (exact) mass is 377 g/mol. The summed E-state index contributed by atoms with van der Waals surface area (Å²) in [4.78, 5) is 27.0. The molecule has 1 aromatic rings. The summed E-state index contributed by atoms with van der Waals surface area (Å²) in [5, 5.41) is 0. The van der Waals surface area contributed by atoms with Crippen molar-refractivity contribution in [2.24, 2.45) is 11.8 Å². The Balaban J connectivity index is 2.49. The first kappa shape index (κ1) is 21.1. The smallest absolute Gasteiger partial charge is 0.411 e. The van der Waals surface area contributed by atoms with Gasteiger partial charge in [-0.2, -0.15) is 0 Å². The van der Waals surface area contributed by atoms with Crippen molar-refractivity contribution in [2.75, 3.05) is 14.2 Å². The van der Waals surface area contributed by atoms with E-state index >= 15 is 0 Å². The second-order valence-electron chi connectivity index (χ2n) is 8.29. The van der Waals surface area contributed by atoms with Crippen molar-refractivity contribution in [3.63, 3.8) is 0 Å². The molecule has 1 fully saturated rings.